The Kier molecular flexibility index (Phi) is 4.77. The van der Waals surface area contributed by atoms with E-state index in [9.17, 15) is 9.59 Å². The third-order valence-electron chi connectivity index (χ3n) is 2.33. The molecule has 2 N–H and O–H groups in total. The van der Waals surface area contributed by atoms with Crippen LogP contribution in [0.25, 0.3) is 0 Å². The van der Waals surface area contributed by atoms with Crippen molar-refractivity contribution in [1.29, 1.82) is 0 Å². The SMILES string of the molecule is CC(=O)Nc1cnn(CC(=O)Nc2ccc(Cl)cc2Cl)n1. The van der Waals surface area contributed by atoms with Crippen molar-refractivity contribution in [1.82, 2.24) is 15.0 Å². The van der Waals surface area contributed by atoms with Crippen molar-refractivity contribution in [2.24, 2.45) is 0 Å². The standard InChI is InChI=1S/C12H11Cl2N5O2/c1-7(20)16-11-5-15-19(18-11)6-12(21)17-10-3-2-8(13)4-9(10)14/h2-5H,6H2,1H3,(H,17,21)(H,16,18,20). The van der Waals surface area contributed by atoms with Crippen molar-refractivity contribution in [3.05, 3.63) is 34.4 Å². The monoisotopic (exact) mass is 327 g/mol. The first-order valence-corrected chi connectivity index (χ1v) is 6.62. The predicted octanol–water partition coefficient (Wildman–Crippen LogP) is 2.18. The maximum atomic E-state index is 11.9. The molecule has 0 aliphatic carbocycles. The van der Waals surface area contributed by atoms with Gasteiger partial charge < -0.3 is 10.6 Å². The molecule has 0 aliphatic heterocycles. The van der Waals surface area contributed by atoms with Crippen molar-refractivity contribution >= 4 is 46.5 Å². The third kappa shape index (κ3) is 4.44. The molecule has 9 heteroatoms. The number of anilines is 2. The lowest BCUT2D eigenvalue weighted by Crippen LogP contribution is -2.20. The van der Waals surface area contributed by atoms with Crippen molar-refractivity contribution in [2.45, 2.75) is 13.5 Å². The van der Waals surface area contributed by atoms with Crippen LogP contribution in [0.2, 0.25) is 10.0 Å². The number of nitrogens with one attached hydrogen (secondary N) is 2. The van der Waals surface area contributed by atoms with Crippen LogP contribution in [0.4, 0.5) is 11.5 Å². The molecule has 1 heterocycles. The number of nitrogens with zero attached hydrogens (tertiary/aromatic N) is 3. The molecule has 2 rings (SSSR count). The average Bonchev–Trinajstić information content (AvgIpc) is 2.79. The molecule has 0 saturated heterocycles. The maximum Gasteiger partial charge on any atom is 0.248 e. The number of carbonyl (C=O) groups is 2. The fraction of sp³-hybridized carbons (Fsp3) is 0.167. The topological polar surface area (TPSA) is 88.9 Å². The summed E-state index contributed by atoms with van der Waals surface area (Å²) >= 11 is 11.7. The number of carbonyl (C=O) groups excluding carboxylic acids is 2. The molecule has 0 aliphatic rings. The molecule has 2 amide bonds. The van der Waals surface area contributed by atoms with Crippen LogP contribution in [-0.2, 0) is 16.1 Å². The van der Waals surface area contributed by atoms with Gasteiger partial charge in [-0.1, -0.05) is 23.2 Å². The Hall–Kier alpha value is -2.12. The van der Waals surface area contributed by atoms with E-state index >= 15 is 0 Å². The molecule has 0 spiro atoms. The van der Waals surface area contributed by atoms with Crippen LogP contribution < -0.4 is 10.6 Å². The highest BCUT2D eigenvalue weighted by atomic mass is 35.5. The molecule has 110 valence electrons. The minimum atomic E-state index is -0.357. The second kappa shape index (κ2) is 6.55. The fourth-order valence-electron chi connectivity index (χ4n) is 1.52. The summed E-state index contributed by atoms with van der Waals surface area (Å²) < 4.78 is 0. The number of halogens is 2. The van der Waals surface area contributed by atoms with Gasteiger partial charge in [-0.3, -0.25) is 9.59 Å². The number of benzene rings is 1. The number of amides is 2. The predicted molar refractivity (Wildman–Crippen MR) is 79.4 cm³/mol. The van der Waals surface area contributed by atoms with E-state index in [2.05, 4.69) is 20.8 Å². The second-order valence-corrected chi connectivity index (χ2v) is 4.96. The van der Waals surface area contributed by atoms with Crippen LogP contribution in [0.3, 0.4) is 0 Å². The van der Waals surface area contributed by atoms with E-state index in [0.29, 0.717) is 15.7 Å². The van der Waals surface area contributed by atoms with Gasteiger partial charge in [0.05, 0.1) is 16.9 Å². The summed E-state index contributed by atoms with van der Waals surface area (Å²) in [6.45, 7) is 1.24. The fourth-order valence-corrected chi connectivity index (χ4v) is 1.98. The molecule has 0 fully saturated rings. The highest BCUT2D eigenvalue weighted by molar-refractivity contribution is 6.36. The van der Waals surface area contributed by atoms with E-state index < -0.39 is 0 Å². The zero-order valence-electron chi connectivity index (χ0n) is 10.9. The van der Waals surface area contributed by atoms with Gasteiger partial charge in [-0.2, -0.15) is 9.90 Å². The number of aromatic nitrogens is 3. The van der Waals surface area contributed by atoms with Crippen LogP contribution in [0.15, 0.2) is 24.4 Å². The summed E-state index contributed by atoms with van der Waals surface area (Å²) in [5, 5.41) is 13.7. The average molecular weight is 328 g/mol. The first kappa shape index (κ1) is 15.3. The minimum absolute atomic E-state index is 0.113. The Labute approximate surface area is 130 Å². The normalized spacial score (nSPS) is 10.2. The molecule has 0 saturated carbocycles. The summed E-state index contributed by atoms with van der Waals surface area (Å²) in [4.78, 5) is 23.9. The quantitative estimate of drug-likeness (QED) is 0.900. The van der Waals surface area contributed by atoms with Crippen LogP contribution in [0.1, 0.15) is 6.92 Å². The van der Waals surface area contributed by atoms with Gasteiger partial charge in [0.25, 0.3) is 0 Å². The van der Waals surface area contributed by atoms with Crippen LogP contribution in [-0.4, -0.2) is 26.8 Å². The van der Waals surface area contributed by atoms with Gasteiger partial charge in [0, 0.05) is 11.9 Å². The Morgan fingerprint density at radius 2 is 2.05 bits per heavy atom. The molecule has 0 bridgehead atoms. The molecule has 21 heavy (non-hydrogen) atoms. The van der Waals surface area contributed by atoms with E-state index in [0.717, 1.165) is 4.80 Å². The summed E-state index contributed by atoms with van der Waals surface area (Å²) in [6.07, 6.45) is 1.35. The minimum Gasteiger partial charge on any atom is -0.323 e. The first-order chi connectivity index (χ1) is 9.94. The molecule has 0 radical (unpaired) electrons. The van der Waals surface area contributed by atoms with E-state index in [-0.39, 0.29) is 24.2 Å². The van der Waals surface area contributed by atoms with Gasteiger partial charge in [0.15, 0.2) is 5.82 Å². The lowest BCUT2D eigenvalue weighted by molar-refractivity contribution is -0.117. The smallest absolute Gasteiger partial charge is 0.248 e. The van der Waals surface area contributed by atoms with Gasteiger partial charge in [-0.15, -0.1) is 5.10 Å². The van der Waals surface area contributed by atoms with Crippen molar-refractivity contribution < 1.29 is 9.59 Å². The second-order valence-electron chi connectivity index (χ2n) is 4.11. The summed E-state index contributed by atoms with van der Waals surface area (Å²) in [6, 6.07) is 4.74. The lowest BCUT2D eigenvalue weighted by atomic mass is 10.3. The van der Waals surface area contributed by atoms with Gasteiger partial charge in [-0.25, -0.2) is 0 Å². The summed E-state index contributed by atoms with van der Waals surface area (Å²) in [7, 11) is 0. The van der Waals surface area contributed by atoms with E-state index in [1.807, 2.05) is 0 Å². The van der Waals surface area contributed by atoms with E-state index in [1.54, 1.807) is 12.1 Å². The number of hydrogen-bond donors (Lipinski definition) is 2. The number of rotatable bonds is 4. The Morgan fingerprint density at radius 1 is 1.29 bits per heavy atom. The highest BCUT2D eigenvalue weighted by Gasteiger charge is 2.09. The zero-order chi connectivity index (χ0) is 15.4. The summed E-state index contributed by atoms with van der Waals surface area (Å²) in [5.41, 5.74) is 0.445. The molecule has 7 nitrogen and oxygen atoms in total. The van der Waals surface area contributed by atoms with Gasteiger partial charge >= 0.3 is 0 Å². The number of hydrogen-bond acceptors (Lipinski definition) is 4. The van der Waals surface area contributed by atoms with Crippen LogP contribution in [0.5, 0.6) is 0 Å². The molecular weight excluding hydrogens is 317 g/mol. The highest BCUT2D eigenvalue weighted by Crippen LogP contribution is 2.25. The Bertz CT molecular complexity index is 686. The van der Waals surface area contributed by atoms with Crippen molar-refractivity contribution in [3.63, 3.8) is 0 Å². The Morgan fingerprint density at radius 3 is 2.71 bits per heavy atom. The molecule has 0 unspecified atom stereocenters. The van der Waals surface area contributed by atoms with Gasteiger partial charge in [0.1, 0.15) is 6.54 Å². The summed E-state index contributed by atoms with van der Waals surface area (Å²) in [5.74, 6) is -0.344. The van der Waals surface area contributed by atoms with Crippen molar-refractivity contribution in [3.8, 4) is 0 Å². The maximum absolute atomic E-state index is 11.9. The lowest BCUT2D eigenvalue weighted by Gasteiger charge is -2.07. The van der Waals surface area contributed by atoms with Gasteiger partial charge in [0.2, 0.25) is 11.8 Å². The molecule has 1 aromatic heterocycles. The third-order valence-corrected chi connectivity index (χ3v) is 2.88. The van der Waals surface area contributed by atoms with E-state index in [1.165, 1.54) is 19.2 Å². The van der Waals surface area contributed by atoms with Crippen LogP contribution >= 0.6 is 23.2 Å². The van der Waals surface area contributed by atoms with E-state index in [4.69, 9.17) is 23.2 Å². The van der Waals surface area contributed by atoms with Crippen LogP contribution in [0, 0.1) is 0 Å². The first-order valence-electron chi connectivity index (χ1n) is 5.86. The molecular formula is C12H11Cl2N5O2. The molecule has 2 aromatic rings. The zero-order valence-corrected chi connectivity index (χ0v) is 12.4. The largest absolute Gasteiger partial charge is 0.323 e. The Balaban J connectivity index is 1.98. The molecule has 0 atom stereocenters. The van der Waals surface area contributed by atoms with Crippen molar-refractivity contribution in [2.75, 3.05) is 10.6 Å². The molecule has 1 aromatic carbocycles. The van der Waals surface area contributed by atoms with Gasteiger partial charge in [-0.05, 0) is 18.2 Å².